The van der Waals surface area contributed by atoms with Crippen LogP contribution in [0.4, 0.5) is 0 Å². The van der Waals surface area contributed by atoms with E-state index in [1.54, 1.807) is 0 Å². The molecular weight excluding hydrogens is 236 g/mol. The molecule has 2 saturated heterocycles. The van der Waals surface area contributed by atoms with Crippen LogP contribution >= 0.6 is 0 Å². The van der Waals surface area contributed by atoms with Gasteiger partial charge < -0.3 is 30.7 Å². The lowest BCUT2D eigenvalue weighted by Crippen LogP contribution is -2.46. The second kappa shape index (κ2) is 6.41. The molecule has 8 nitrogen and oxygen atoms in total. The summed E-state index contributed by atoms with van der Waals surface area (Å²) in [6, 6.07) is 0. The van der Waals surface area contributed by atoms with Crippen molar-refractivity contribution in [3.8, 4) is 0 Å². The maximum absolute atomic E-state index is 5.84. The molecule has 0 unspecified atom stereocenters. The smallest absolute Gasteiger partial charge is 0.216 e. The molecule has 2 heterocycles. The van der Waals surface area contributed by atoms with E-state index < -0.39 is 0 Å². The average molecular weight is 256 g/mol. The molecule has 18 heavy (non-hydrogen) atoms. The van der Waals surface area contributed by atoms with Crippen LogP contribution < -0.4 is 11.5 Å². The van der Waals surface area contributed by atoms with Gasteiger partial charge in [0, 0.05) is 26.2 Å². The molecule has 0 aromatic carbocycles. The van der Waals surface area contributed by atoms with Gasteiger partial charge in [-0.05, 0) is 0 Å². The molecule has 0 spiro atoms. The van der Waals surface area contributed by atoms with Gasteiger partial charge in [0.05, 0.1) is 26.4 Å². The van der Waals surface area contributed by atoms with Crippen LogP contribution in [0.3, 0.4) is 0 Å². The van der Waals surface area contributed by atoms with Gasteiger partial charge in [-0.15, -0.1) is 10.2 Å². The zero-order chi connectivity index (χ0) is 12.8. The van der Waals surface area contributed by atoms with Crippen molar-refractivity contribution < 1.29 is 9.47 Å². The number of hydrogen-bond donors (Lipinski definition) is 2. The van der Waals surface area contributed by atoms with E-state index in [-0.39, 0.29) is 0 Å². The molecule has 0 saturated carbocycles. The van der Waals surface area contributed by atoms with E-state index in [1.807, 2.05) is 9.80 Å². The summed E-state index contributed by atoms with van der Waals surface area (Å²) in [4.78, 5) is 3.86. The van der Waals surface area contributed by atoms with Gasteiger partial charge in [0.15, 0.2) is 0 Å². The lowest BCUT2D eigenvalue weighted by Gasteiger charge is -2.28. The highest BCUT2D eigenvalue weighted by molar-refractivity contribution is 5.81. The molecule has 0 amide bonds. The summed E-state index contributed by atoms with van der Waals surface area (Å²) in [5, 5.41) is 7.94. The van der Waals surface area contributed by atoms with Crippen LogP contribution in [0.1, 0.15) is 0 Å². The fraction of sp³-hybridized carbons (Fsp3) is 0.800. The van der Waals surface area contributed by atoms with E-state index in [2.05, 4.69) is 10.2 Å². The second-order valence-corrected chi connectivity index (χ2v) is 4.12. The van der Waals surface area contributed by atoms with Gasteiger partial charge in [0.2, 0.25) is 11.9 Å². The standard InChI is InChI=1S/C10H20N6O2/c11-9(15-1-5-17-6-2-15)13-14-10(12)16-3-7-18-8-4-16/h1-8H2,(H2,11,13)(H2,12,14). The summed E-state index contributed by atoms with van der Waals surface area (Å²) in [6.45, 7) is 5.62. The monoisotopic (exact) mass is 256 g/mol. The Kier molecular flexibility index (Phi) is 4.59. The first-order valence-corrected chi connectivity index (χ1v) is 6.09. The van der Waals surface area contributed by atoms with Gasteiger partial charge in [-0.3, -0.25) is 0 Å². The Morgan fingerprint density at radius 1 is 0.722 bits per heavy atom. The molecular formula is C10H20N6O2. The Morgan fingerprint density at radius 2 is 1.06 bits per heavy atom. The highest BCUT2D eigenvalue weighted by Gasteiger charge is 2.14. The molecule has 2 aliphatic heterocycles. The minimum absolute atomic E-state index is 0.384. The van der Waals surface area contributed by atoms with Crippen molar-refractivity contribution in [1.29, 1.82) is 0 Å². The first-order valence-electron chi connectivity index (χ1n) is 6.09. The first-order chi connectivity index (χ1) is 8.77. The van der Waals surface area contributed by atoms with Crippen LogP contribution in [0.5, 0.6) is 0 Å². The number of rotatable bonds is 1. The van der Waals surface area contributed by atoms with Crippen molar-refractivity contribution >= 4 is 11.9 Å². The Bertz CT molecular complexity index is 288. The Balaban J connectivity index is 1.89. The molecule has 2 fully saturated rings. The SMILES string of the molecule is N/C(=N\N=C(/N)N1CCOCC1)N1CCOCC1. The van der Waals surface area contributed by atoms with Gasteiger partial charge in [-0.2, -0.15) is 0 Å². The van der Waals surface area contributed by atoms with E-state index in [0.29, 0.717) is 38.3 Å². The van der Waals surface area contributed by atoms with Crippen LogP contribution in [0.25, 0.3) is 0 Å². The number of nitrogens with two attached hydrogens (primary N) is 2. The van der Waals surface area contributed by atoms with Crippen LogP contribution in [-0.2, 0) is 9.47 Å². The molecule has 0 radical (unpaired) electrons. The molecule has 0 aromatic rings. The summed E-state index contributed by atoms with van der Waals surface area (Å²) in [5.41, 5.74) is 11.7. The summed E-state index contributed by atoms with van der Waals surface area (Å²) >= 11 is 0. The van der Waals surface area contributed by atoms with E-state index in [0.717, 1.165) is 26.2 Å². The van der Waals surface area contributed by atoms with Crippen molar-refractivity contribution in [3.05, 3.63) is 0 Å². The van der Waals surface area contributed by atoms with E-state index in [4.69, 9.17) is 20.9 Å². The maximum Gasteiger partial charge on any atom is 0.216 e. The lowest BCUT2D eigenvalue weighted by atomic mass is 10.4. The summed E-state index contributed by atoms with van der Waals surface area (Å²) in [6.07, 6.45) is 0. The lowest BCUT2D eigenvalue weighted by molar-refractivity contribution is 0.0667. The predicted octanol–water partition coefficient (Wildman–Crippen LogP) is -1.80. The Labute approximate surface area is 106 Å². The van der Waals surface area contributed by atoms with Crippen LogP contribution in [0, 0.1) is 0 Å². The Hall–Kier alpha value is -1.54. The molecule has 4 N–H and O–H groups in total. The molecule has 2 rings (SSSR count). The van der Waals surface area contributed by atoms with Crippen LogP contribution in [-0.4, -0.2) is 74.3 Å². The summed E-state index contributed by atoms with van der Waals surface area (Å²) in [7, 11) is 0. The van der Waals surface area contributed by atoms with Crippen molar-refractivity contribution in [2.45, 2.75) is 0 Å². The second-order valence-electron chi connectivity index (χ2n) is 4.12. The maximum atomic E-state index is 5.84. The average Bonchev–Trinajstić information content (AvgIpc) is 2.46. The van der Waals surface area contributed by atoms with Crippen molar-refractivity contribution in [3.63, 3.8) is 0 Å². The fourth-order valence-corrected chi connectivity index (χ4v) is 1.81. The predicted molar refractivity (Wildman–Crippen MR) is 68.0 cm³/mol. The number of guanidine groups is 2. The normalized spacial score (nSPS) is 23.3. The van der Waals surface area contributed by atoms with Gasteiger partial charge in [0.25, 0.3) is 0 Å². The van der Waals surface area contributed by atoms with Gasteiger partial charge in [-0.1, -0.05) is 0 Å². The van der Waals surface area contributed by atoms with E-state index in [9.17, 15) is 0 Å². The van der Waals surface area contributed by atoms with Crippen LogP contribution in [0.15, 0.2) is 10.2 Å². The largest absolute Gasteiger partial charge is 0.378 e. The number of morpholine rings is 2. The third-order valence-corrected chi connectivity index (χ3v) is 2.93. The molecule has 0 aliphatic carbocycles. The first kappa shape index (κ1) is 12.9. The van der Waals surface area contributed by atoms with Crippen molar-refractivity contribution in [1.82, 2.24) is 9.80 Å². The molecule has 102 valence electrons. The quantitative estimate of drug-likeness (QED) is 0.326. The molecule has 0 aromatic heterocycles. The number of nitrogens with zero attached hydrogens (tertiary/aromatic N) is 4. The zero-order valence-electron chi connectivity index (χ0n) is 10.4. The minimum atomic E-state index is 0.384. The topological polar surface area (TPSA) is 102 Å². The number of ether oxygens (including phenoxy) is 2. The van der Waals surface area contributed by atoms with Crippen molar-refractivity contribution in [2.24, 2.45) is 21.7 Å². The van der Waals surface area contributed by atoms with E-state index >= 15 is 0 Å². The van der Waals surface area contributed by atoms with Crippen molar-refractivity contribution in [2.75, 3.05) is 52.6 Å². The third kappa shape index (κ3) is 3.47. The fourth-order valence-electron chi connectivity index (χ4n) is 1.81. The molecule has 0 bridgehead atoms. The Morgan fingerprint density at radius 3 is 1.39 bits per heavy atom. The van der Waals surface area contributed by atoms with Gasteiger partial charge >= 0.3 is 0 Å². The minimum Gasteiger partial charge on any atom is -0.378 e. The highest BCUT2D eigenvalue weighted by atomic mass is 16.5. The third-order valence-electron chi connectivity index (χ3n) is 2.93. The van der Waals surface area contributed by atoms with Gasteiger partial charge in [0.1, 0.15) is 0 Å². The summed E-state index contributed by atoms with van der Waals surface area (Å²) < 4.78 is 10.5. The summed E-state index contributed by atoms with van der Waals surface area (Å²) in [5.74, 6) is 0.768. The van der Waals surface area contributed by atoms with E-state index in [1.165, 1.54) is 0 Å². The molecule has 2 aliphatic rings. The molecule has 8 heteroatoms. The number of hydrogen-bond acceptors (Lipinski definition) is 4. The van der Waals surface area contributed by atoms with Gasteiger partial charge in [-0.25, -0.2) is 0 Å². The highest BCUT2D eigenvalue weighted by Crippen LogP contribution is 1.98. The van der Waals surface area contributed by atoms with Crippen LogP contribution in [0.2, 0.25) is 0 Å². The zero-order valence-corrected chi connectivity index (χ0v) is 10.4. The molecule has 0 atom stereocenters.